The van der Waals surface area contributed by atoms with E-state index < -0.39 is 12.7 Å². The van der Waals surface area contributed by atoms with Gasteiger partial charge in [-0.05, 0) is 42.7 Å². The third-order valence-electron chi connectivity index (χ3n) is 6.15. The molecule has 5 rings (SSSR count). The molecular weight excluding hydrogens is 476 g/mol. The van der Waals surface area contributed by atoms with E-state index in [0.29, 0.717) is 15.7 Å². The fraction of sp³-hybridized carbons (Fsp3) is 0.435. The average Bonchev–Trinajstić information content (AvgIpc) is 3.46. The van der Waals surface area contributed by atoms with Crippen LogP contribution in [-0.4, -0.2) is 69.9 Å². The number of halogens is 2. The molecule has 0 amide bonds. The second-order valence-electron chi connectivity index (χ2n) is 8.54. The van der Waals surface area contributed by atoms with Crippen LogP contribution in [-0.2, 0) is 11.2 Å². The van der Waals surface area contributed by atoms with Crippen LogP contribution in [0.1, 0.15) is 29.5 Å². The average molecular weight is 502 g/mol. The van der Waals surface area contributed by atoms with E-state index in [4.69, 9.17) is 0 Å². The third kappa shape index (κ3) is 5.70. The molecule has 2 atom stereocenters. The lowest BCUT2D eigenvalue weighted by molar-refractivity contribution is -0.125. The molecule has 2 saturated heterocycles. The molecule has 4 heterocycles. The van der Waals surface area contributed by atoms with Crippen molar-refractivity contribution in [1.29, 1.82) is 0 Å². The third-order valence-corrected chi connectivity index (χ3v) is 7.00. The highest BCUT2D eigenvalue weighted by atomic mass is 32.1. The highest BCUT2D eigenvalue weighted by molar-refractivity contribution is 7.15. The molecule has 0 radical (unpaired) electrons. The summed E-state index contributed by atoms with van der Waals surface area (Å²) in [4.78, 5) is 17.5. The van der Waals surface area contributed by atoms with Gasteiger partial charge >= 0.3 is 6.61 Å². The van der Waals surface area contributed by atoms with Gasteiger partial charge in [-0.1, -0.05) is 23.5 Å². The van der Waals surface area contributed by atoms with Gasteiger partial charge in [0.25, 0.3) is 0 Å². The number of benzene rings is 1. The molecule has 2 fully saturated rings. The zero-order chi connectivity index (χ0) is 24.2. The standard InChI is InChI=1S/C23H25F2N7O2S/c24-22(25)34-17-5-1-4-15(12-17)21(31-9-3-10-31)18(33)13-20-29-30-23(35-20)27-16-7-11-32(14-16)19-6-2-8-26-28-19/h1-2,4-6,8,12,16,21-22H,3,7,9-11,13-14H2,(H,27,30)/t16-,21+/m1/s1. The summed E-state index contributed by atoms with van der Waals surface area (Å²) in [7, 11) is 0. The minimum atomic E-state index is -2.91. The van der Waals surface area contributed by atoms with Gasteiger partial charge < -0.3 is 15.0 Å². The first-order valence-electron chi connectivity index (χ1n) is 11.5. The normalized spacial score (nSPS) is 18.9. The van der Waals surface area contributed by atoms with Gasteiger partial charge in [-0.2, -0.15) is 13.9 Å². The molecule has 3 aromatic rings. The number of nitrogens with zero attached hydrogens (tertiary/aromatic N) is 6. The van der Waals surface area contributed by atoms with E-state index in [-0.39, 0.29) is 24.0 Å². The van der Waals surface area contributed by atoms with Gasteiger partial charge in [0.1, 0.15) is 10.8 Å². The van der Waals surface area contributed by atoms with Gasteiger partial charge in [-0.15, -0.1) is 15.3 Å². The first-order valence-corrected chi connectivity index (χ1v) is 12.3. The van der Waals surface area contributed by atoms with Crippen LogP contribution >= 0.6 is 11.3 Å². The van der Waals surface area contributed by atoms with Crippen LogP contribution in [0.25, 0.3) is 0 Å². The number of aromatic nitrogens is 4. The SMILES string of the molecule is O=C(Cc1nnc(N[C@@H]2CCN(c3cccnn3)C2)s1)[C@H](c1cccc(OC(F)F)c1)N1CCC1. The van der Waals surface area contributed by atoms with Crippen LogP contribution in [0.2, 0.25) is 0 Å². The molecule has 9 nitrogen and oxygen atoms in total. The first kappa shape index (κ1) is 23.5. The number of likely N-dealkylation sites (tertiary alicyclic amines) is 1. The summed E-state index contributed by atoms with van der Waals surface area (Å²) < 4.78 is 29.9. The monoisotopic (exact) mass is 501 g/mol. The molecular formula is C23H25F2N7O2S. The van der Waals surface area contributed by atoms with Crippen molar-refractivity contribution < 1.29 is 18.3 Å². The van der Waals surface area contributed by atoms with Crippen molar-refractivity contribution in [2.75, 3.05) is 36.4 Å². The zero-order valence-corrected chi connectivity index (χ0v) is 19.7. The number of carbonyl (C=O) groups excluding carboxylic acids is 1. The summed E-state index contributed by atoms with van der Waals surface area (Å²) >= 11 is 1.36. The van der Waals surface area contributed by atoms with Crippen molar-refractivity contribution in [3.05, 3.63) is 53.2 Å². The Morgan fingerprint density at radius 2 is 2.06 bits per heavy atom. The van der Waals surface area contributed by atoms with E-state index >= 15 is 0 Å². The number of rotatable bonds is 10. The van der Waals surface area contributed by atoms with E-state index in [1.165, 1.54) is 23.5 Å². The first-order chi connectivity index (χ1) is 17.0. The molecule has 0 aliphatic carbocycles. The van der Waals surface area contributed by atoms with Crippen molar-refractivity contribution in [1.82, 2.24) is 25.3 Å². The lowest BCUT2D eigenvalue weighted by Gasteiger charge is -2.37. The minimum Gasteiger partial charge on any atom is -0.435 e. The van der Waals surface area contributed by atoms with Crippen LogP contribution in [0.15, 0.2) is 42.6 Å². The maximum absolute atomic E-state index is 13.3. The Hall–Kier alpha value is -3.25. The largest absolute Gasteiger partial charge is 0.435 e. The fourth-order valence-electron chi connectivity index (χ4n) is 4.41. The number of ether oxygens (including phenoxy) is 1. The van der Waals surface area contributed by atoms with Gasteiger partial charge in [-0.25, -0.2) is 0 Å². The van der Waals surface area contributed by atoms with Gasteiger partial charge in [0.15, 0.2) is 11.6 Å². The highest BCUT2D eigenvalue weighted by Gasteiger charge is 2.32. The summed E-state index contributed by atoms with van der Waals surface area (Å²) in [6.07, 6.45) is 3.70. The molecule has 184 valence electrons. The summed E-state index contributed by atoms with van der Waals surface area (Å²) in [6, 6.07) is 9.86. The Labute approximate surface area is 205 Å². The van der Waals surface area contributed by atoms with Crippen LogP contribution in [0.5, 0.6) is 5.75 Å². The van der Waals surface area contributed by atoms with Crippen LogP contribution < -0.4 is 15.0 Å². The second kappa shape index (κ2) is 10.6. The molecule has 2 aliphatic heterocycles. The number of Topliss-reactive ketones (excluding diaryl/α,β-unsaturated/α-hetero) is 1. The number of hydrogen-bond acceptors (Lipinski definition) is 10. The lowest BCUT2D eigenvalue weighted by atomic mass is 9.96. The molecule has 0 spiro atoms. The number of alkyl halides is 2. The number of ketones is 1. The second-order valence-corrected chi connectivity index (χ2v) is 9.61. The van der Waals surface area contributed by atoms with Gasteiger partial charge in [0, 0.05) is 38.4 Å². The van der Waals surface area contributed by atoms with Crippen molar-refractivity contribution >= 4 is 28.1 Å². The summed E-state index contributed by atoms with van der Waals surface area (Å²) in [5.74, 6) is 0.849. The minimum absolute atomic E-state index is 0.0451. The summed E-state index contributed by atoms with van der Waals surface area (Å²) in [5, 5.41) is 21.2. The van der Waals surface area contributed by atoms with Crippen molar-refractivity contribution in [3.8, 4) is 5.75 Å². The van der Waals surface area contributed by atoms with E-state index in [0.717, 1.165) is 44.8 Å². The quantitative estimate of drug-likeness (QED) is 0.449. The molecule has 1 aromatic carbocycles. The Balaban J connectivity index is 1.22. The smallest absolute Gasteiger partial charge is 0.387 e. The Morgan fingerprint density at radius 3 is 2.80 bits per heavy atom. The lowest BCUT2D eigenvalue weighted by Crippen LogP contribution is -2.44. The van der Waals surface area contributed by atoms with Crippen molar-refractivity contribution in [2.45, 2.75) is 38.0 Å². The number of nitrogens with one attached hydrogen (secondary N) is 1. The molecule has 0 saturated carbocycles. The van der Waals surface area contributed by atoms with Gasteiger partial charge in [0.2, 0.25) is 5.13 Å². The molecule has 35 heavy (non-hydrogen) atoms. The van der Waals surface area contributed by atoms with Crippen molar-refractivity contribution in [3.63, 3.8) is 0 Å². The molecule has 0 unspecified atom stereocenters. The van der Waals surface area contributed by atoms with E-state index in [1.807, 2.05) is 17.0 Å². The maximum atomic E-state index is 13.3. The Kier molecular flexibility index (Phi) is 7.09. The van der Waals surface area contributed by atoms with Crippen LogP contribution in [0.4, 0.5) is 19.7 Å². The van der Waals surface area contributed by atoms with E-state index in [1.54, 1.807) is 18.3 Å². The Bertz CT molecular complexity index is 1150. The van der Waals surface area contributed by atoms with Crippen molar-refractivity contribution in [2.24, 2.45) is 0 Å². The van der Waals surface area contributed by atoms with Crippen LogP contribution in [0.3, 0.4) is 0 Å². The number of anilines is 2. The van der Waals surface area contributed by atoms with Gasteiger partial charge in [0.05, 0.1) is 12.5 Å². The number of carbonyl (C=O) groups is 1. The summed E-state index contributed by atoms with van der Waals surface area (Å²) in [6.45, 7) is 0.294. The highest BCUT2D eigenvalue weighted by Crippen LogP contribution is 2.31. The predicted molar refractivity (Wildman–Crippen MR) is 127 cm³/mol. The predicted octanol–water partition coefficient (Wildman–Crippen LogP) is 3.18. The molecule has 12 heteroatoms. The molecule has 1 N–H and O–H groups in total. The number of hydrogen-bond donors (Lipinski definition) is 1. The van der Waals surface area contributed by atoms with E-state index in [9.17, 15) is 13.6 Å². The van der Waals surface area contributed by atoms with E-state index in [2.05, 4.69) is 35.3 Å². The Morgan fingerprint density at radius 1 is 1.17 bits per heavy atom. The zero-order valence-electron chi connectivity index (χ0n) is 18.9. The maximum Gasteiger partial charge on any atom is 0.387 e. The topological polar surface area (TPSA) is 96.4 Å². The summed E-state index contributed by atoms with van der Waals surface area (Å²) in [5.41, 5.74) is 0.644. The molecule has 2 aliphatic rings. The molecule has 0 bridgehead atoms. The molecule has 2 aromatic heterocycles. The fourth-order valence-corrected chi connectivity index (χ4v) is 5.24. The van der Waals surface area contributed by atoms with Gasteiger partial charge in [-0.3, -0.25) is 9.69 Å². The van der Waals surface area contributed by atoms with Crippen LogP contribution in [0, 0.1) is 0 Å².